The number of ether oxygens (including phenoxy) is 1. The molecule has 0 bridgehead atoms. The number of nitrogen functional groups attached to an aromatic ring is 1. The normalized spacial score (nSPS) is 11.4. The summed E-state index contributed by atoms with van der Waals surface area (Å²) in [7, 11) is 3.19. The second-order valence-electron chi connectivity index (χ2n) is 4.17. The fraction of sp³-hybridized carbons (Fsp3) is 0.385. The van der Waals surface area contributed by atoms with E-state index in [9.17, 15) is 4.79 Å². The van der Waals surface area contributed by atoms with E-state index in [1.807, 2.05) is 0 Å². The van der Waals surface area contributed by atoms with Gasteiger partial charge < -0.3 is 15.4 Å². The maximum Gasteiger partial charge on any atom is 0.255 e. The molecule has 1 aromatic rings. The molecular formula is C13H17N3O2. The first-order chi connectivity index (χ1) is 8.49. The minimum Gasteiger partial charge on any atom is -0.497 e. The minimum absolute atomic E-state index is 0.197. The average Bonchev–Trinajstić information content (AvgIpc) is 2.37. The van der Waals surface area contributed by atoms with Gasteiger partial charge in [-0.2, -0.15) is 5.26 Å². The van der Waals surface area contributed by atoms with Gasteiger partial charge >= 0.3 is 0 Å². The second-order valence-corrected chi connectivity index (χ2v) is 4.17. The van der Waals surface area contributed by atoms with Gasteiger partial charge in [-0.25, -0.2) is 0 Å². The van der Waals surface area contributed by atoms with Gasteiger partial charge in [0.05, 0.1) is 24.7 Å². The van der Waals surface area contributed by atoms with Crippen molar-refractivity contribution in [3.63, 3.8) is 0 Å². The smallest absolute Gasteiger partial charge is 0.255 e. The van der Waals surface area contributed by atoms with Crippen LogP contribution < -0.4 is 10.5 Å². The van der Waals surface area contributed by atoms with E-state index in [4.69, 9.17) is 15.7 Å². The molecule has 0 fully saturated rings. The number of anilines is 1. The van der Waals surface area contributed by atoms with Crippen molar-refractivity contribution in [1.29, 1.82) is 5.26 Å². The van der Waals surface area contributed by atoms with Gasteiger partial charge in [0.15, 0.2) is 0 Å². The van der Waals surface area contributed by atoms with E-state index in [0.29, 0.717) is 23.5 Å². The molecule has 0 heterocycles. The minimum atomic E-state index is -0.210. The van der Waals surface area contributed by atoms with Crippen LogP contribution in [0.25, 0.3) is 0 Å². The van der Waals surface area contributed by atoms with Crippen LogP contribution in [0.3, 0.4) is 0 Å². The number of carbonyl (C=O) groups excluding carboxylic acids is 1. The van der Waals surface area contributed by atoms with Crippen molar-refractivity contribution in [1.82, 2.24) is 4.90 Å². The Balaban J connectivity index is 2.87. The SMILES string of the molecule is COc1ccc(C(=O)N(C)CC(C)C#N)c(N)c1. The van der Waals surface area contributed by atoms with Gasteiger partial charge in [-0.1, -0.05) is 0 Å². The summed E-state index contributed by atoms with van der Waals surface area (Å²) in [6.07, 6.45) is 0. The first-order valence-corrected chi connectivity index (χ1v) is 5.58. The lowest BCUT2D eigenvalue weighted by molar-refractivity contribution is 0.0786. The topological polar surface area (TPSA) is 79.3 Å². The van der Waals surface area contributed by atoms with Gasteiger partial charge in [-0.15, -0.1) is 0 Å². The Hall–Kier alpha value is -2.22. The lowest BCUT2D eigenvalue weighted by Gasteiger charge is -2.19. The van der Waals surface area contributed by atoms with Gasteiger partial charge in [0.2, 0.25) is 0 Å². The van der Waals surface area contributed by atoms with Crippen LogP contribution in [0.4, 0.5) is 5.69 Å². The highest BCUT2D eigenvalue weighted by molar-refractivity contribution is 5.99. The number of nitrogens with two attached hydrogens (primary N) is 1. The van der Waals surface area contributed by atoms with E-state index >= 15 is 0 Å². The zero-order valence-corrected chi connectivity index (χ0v) is 10.8. The van der Waals surface area contributed by atoms with Crippen molar-refractivity contribution >= 4 is 11.6 Å². The second kappa shape index (κ2) is 5.92. The molecule has 5 nitrogen and oxygen atoms in total. The van der Waals surface area contributed by atoms with E-state index in [1.165, 1.54) is 12.0 Å². The molecule has 0 aromatic heterocycles. The van der Waals surface area contributed by atoms with E-state index in [-0.39, 0.29) is 11.8 Å². The molecule has 1 amide bonds. The number of rotatable bonds is 4. The van der Waals surface area contributed by atoms with E-state index in [2.05, 4.69) is 6.07 Å². The predicted molar refractivity (Wildman–Crippen MR) is 69.1 cm³/mol. The molecule has 0 aliphatic rings. The van der Waals surface area contributed by atoms with E-state index in [0.717, 1.165) is 0 Å². The monoisotopic (exact) mass is 247 g/mol. The third kappa shape index (κ3) is 3.14. The van der Waals surface area contributed by atoms with Gasteiger partial charge in [-0.05, 0) is 19.1 Å². The van der Waals surface area contributed by atoms with Crippen molar-refractivity contribution in [3.05, 3.63) is 23.8 Å². The Morgan fingerprint density at radius 2 is 2.28 bits per heavy atom. The van der Waals surface area contributed by atoms with Gasteiger partial charge in [-0.3, -0.25) is 4.79 Å². The van der Waals surface area contributed by atoms with Crippen molar-refractivity contribution in [3.8, 4) is 11.8 Å². The van der Waals surface area contributed by atoms with Crippen LogP contribution in [0.2, 0.25) is 0 Å². The number of carbonyl (C=O) groups is 1. The molecule has 1 atom stereocenters. The molecule has 96 valence electrons. The summed E-state index contributed by atoms with van der Waals surface area (Å²) in [5, 5.41) is 8.73. The summed E-state index contributed by atoms with van der Waals surface area (Å²) in [5.74, 6) is 0.202. The summed E-state index contributed by atoms with van der Waals surface area (Å²) in [5.41, 5.74) is 6.60. The average molecular weight is 247 g/mol. The molecule has 0 aliphatic carbocycles. The summed E-state index contributed by atoms with van der Waals surface area (Å²) >= 11 is 0. The Bertz CT molecular complexity index is 480. The molecule has 0 saturated heterocycles. The number of nitriles is 1. The number of nitrogens with zero attached hydrogens (tertiary/aromatic N) is 2. The largest absolute Gasteiger partial charge is 0.497 e. The first-order valence-electron chi connectivity index (χ1n) is 5.58. The Kier molecular flexibility index (Phi) is 4.55. The third-order valence-electron chi connectivity index (χ3n) is 2.60. The Morgan fingerprint density at radius 3 is 2.78 bits per heavy atom. The molecule has 1 unspecified atom stereocenters. The van der Waals surface area contributed by atoms with Gasteiger partial charge in [0, 0.05) is 25.3 Å². The fourth-order valence-corrected chi connectivity index (χ4v) is 1.60. The van der Waals surface area contributed by atoms with Crippen LogP contribution in [-0.2, 0) is 0 Å². The molecule has 1 aromatic carbocycles. The highest BCUT2D eigenvalue weighted by Gasteiger charge is 2.16. The van der Waals surface area contributed by atoms with E-state index in [1.54, 1.807) is 32.2 Å². The number of hydrogen-bond donors (Lipinski definition) is 1. The Labute approximate surface area is 107 Å². The highest BCUT2D eigenvalue weighted by Crippen LogP contribution is 2.20. The highest BCUT2D eigenvalue weighted by atomic mass is 16.5. The standard InChI is InChI=1S/C13H17N3O2/c1-9(7-14)8-16(2)13(17)11-5-4-10(18-3)6-12(11)15/h4-6,9H,8,15H2,1-3H3. The lowest BCUT2D eigenvalue weighted by Crippen LogP contribution is -2.31. The summed E-state index contributed by atoms with van der Waals surface area (Å²) in [4.78, 5) is 13.6. The zero-order valence-electron chi connectivity index (χ0n) is 10.8. The van der Waals surface area contributed by atoms with Gasteiger partial charge in [0.25, 0.3) is 5.91 Å². The molecule has 0 spiro atoms. The van der Waals surface area contributed by atoms with Gasteiger partial charge in [0.1, 0.15) is 5.75 Å². The van der Waals surface area contributed by atoms with E-state index < -0.39 is 0 Å². The quantitative estimate of drug-likeness (QED) is 0.818. The number of benzene rings is 1. The van der Waals surface area contributed by atoms with Crippen LogP contribution in [-0.4, -0.2) is 31.5 Å². The van der Waals surface area contributed by atoms with Crippen LogP contribution in [0.1, 0.15) is 17.3 Å². The van der Waals surface area contributed by atoms with Crippen molar-refractivity contribution < 1.29 is 9.53 Å². The fourth-order valence-electron chi connectivity index (χ4n) is 1.60. The van der Waals surface area contributed by atoms with Crippen molar-refractivity contribution in [2.45, 2.75) is 6.92 Å². The summed E-state index contributed by atoms with van der Waals surface area (Å²) in [6.45, 7) is 2.14. The molecular weight excluding hydrogens is 230 g/mol. The molecule has 0 saturated carbocycles. The van der Waals surface area contributed by atoms with Crippen LogP contribution in [0.15, 0.2) is 18.2 Å². The molecule has 1 rings (SSSR count). The molecule has 0 radical (unpaired) electrons. The predicted octanol–water partition coefficient (Wildman–Crippen LogP) is 1.51. The van der Waals surface area contributed by atoms with Crippen LogP contribution in [0.5, 0.6) is 5.75 Å². The maximum absolute atomic E-state index is 12.1. The van der Waals surface area contributed by atoms with Crippen LogP contribution in [0, 0.1) is 17.2 Å². The van der Waals surface area contributed by atoms with Crippen LogP contribution >= 0.6 is 0 Å². The Morgan fingerprint density at radius 1 is 1.61 bits per heavy atom. The zero-order chi connectivity index (χ0) is 13.7. The lowest BCUT2D eigenvalue weighted by atomic mass is 10.1. The summed E-state index contributed by atoms with van der Waals surface area (Å²) < 4.78 is 5.02. The number of amides is 1. The van der Waals surface area contributed by atoms with Crippen molar-refractivity contribution in [2.24, 2.45) is 5.92 Å². The molecule has 18 heavy (non-hydrogen) atoms. The van der Waals surface area contributed by atoms with Crippen molar-refractivity contribution in [2.75, 3.05) is 26.4 Å². The third-order valence-corrected chi connectivity index (χ3v) is 2.60. The molecule has 5 heteroatoms. The number of hydrogen-bond acceptors (Lipinski definition) is 4. The number of methoxy groups -OCH3 is 1. The molecule has 0 aliphatic heterocycles. The molecule has 2 N–H and O–H groups in total. The first kappa shape index (κ1) is 13.8. The summed E-state index contributed by atoms with van der Waals surface area (Å²) in [6, 6.07) is 7.01. The maximum atomic E-state index is 12.1.